The summed E-state index contributed by atoms with van der Waals surface area (Å²) in [6, 6.07) is 9.33. The van der Waals surface area contributed by atoms with E-state index in [1.807, 2.05) is 0 Å². The van der Waals surface area contributed by atoms with Crippen LogP contribution in [-0.2, 0) is 6.54 Å². The van der Waals surface area contributed by atoms with Crippen LogP contribution in [0.2, 0.25) is 0 Å². The van der Waals surface area contributed by atoms with E-state index in [0.29, 0.717) is 6.04 Å². The number of nitrogens with one attached hydrogen (secondary N) is 1. The van der Waals surface area contributed by atoms with Gasteiger partial charge in [0.1, 0.15) is 0 Å². The zero-order valence-electron chi connectivity index (χ0n) is 12.4. The number of nitrogens with zero attached hydrogens (tertiary/aromatic N) is 1. The summed E-state index contributed by atoms with van der Waals surface area (Å²) in [6.45, 7) is 9.29. The van der Waals surface area contributed by atoms with Gasteiger partial charge >= 0.3 is 0 Å². The maximum atomic E-state index is 3.50. The first kappa shape index (κ1) is 18.0. The van der Waals surface area contributed by atoms with Crippen LogP contribution in [0.15, 0.2) is 28.7 Å². The van der Waals surface area contributed by atoms with Gasteiger partial charge in [-0.1, -0.05) is 28.1 Å². The minimum absolute atomic E-state index is 0. The van der Waals surface area contributed by atoms with Gasteiger partial charge in [0.25, 0.3) is 0 Å². The first-order chi connectivity index (χ1) is 9.15. The van der Waals surface area contributed by atoms with Crippen molar-refractivity contribution in [3.8, 4) is 0 Å². The largest absolute Gasteiger partial charge is 0.317 e. The summed E-state index contributed by atoms with van der Waals surface area (Å²) in [5.41, 5.74) is 1.41. The molecule has 0 bridgehead atoms. The molecule has 2 nitrogen and oxygen atoms in total. The molecule has 0 spiro atoms. The highest BCUT2D eigenvalue weighted by atomic mass is 79.9. The van der Waals surface area contributed by atoms with Crippen LogP contribution in [0.5, 0.6) is 0 Å². The Hall–Kier alpha value is -0.0900. The molecule has 0 aliphatic carbocycles. The minimum Gasteiger partial charge on any atom is -0.317 e. The van der Waals surface area contributed by atoms with E-state index >= 15 is 0 Å². The van der Waals surface area contributed by atoms with Crippen LogP contribution in [0.4, 0.5) is 0 Å². The molecule has 0 radical (unpaired) electrons. The highest BCUT2D eigenvalue weighted by molar-refractivity contribution is 9.10. The molecule has 1 saturated heterocycles. The second-order valence-corrected chi connectivity index (χ2v) is 6.76. The molecule has 0 atom stereocenters. The Morgan fingerprint density at radius 2 is 1.80 bits per heavy atom. The molecule has 1 N–H and O–H groups in total. The van der Waals surface area contributed by atoms with Crippen molar-refractivity contribution in [2.24, 2.45) is 5.92 Å². The van der Waals surface area contributed by atoms with E-state index in [9.17, 15) is 0 Å². The first-order valence-corrected chi connectivity index (χ1v) is 8.13. The van der Waals surface area contributed by atoms with Crippen molar-refractivity contribution in [1.82, 2.24) is 10.2 Å². The lowest BCUT2D eigenvalue weighted by Gasteiger charge is -2.32. The van der Waals surface area contributed by atoms with Gasteiger partial charge in [-0.3, -0.25) is 4.90 Å². The van der Waals surface area contributed by atoms with Crippen LogP contribution < -0.4 is 5.32 Å². The Morgan fingerprint density at radius 1 is 1.20 bits per heavy atom. The van der Waals surface area contributed by atoms with Crippen LogP contribution >= 0.6 is 28.3 Å². The fourth-order valence-corrected chi connectivity index (χ4v) is 2.94. The van der Waals surface area contributed by atoms with Crippen molar-refractivity contribution in [3.05, 3.63) is 34.3 Å². The standard InChI is InChI=1S/C16H25BrN2.ClH/c1-13(2)19(12-15-7-9-18-10-8-15)11-14-3-5-16(17)6-4-14;/h3-6,13,15,18H,7-12H2,1-2H3;1H. The van der Waals surface area contributed by atoms with Crippen molar-refractivity contribution in [3.63, 3.8) is 0 Å². The Morgan fingerprint density at radius 3 is 2.35 bits per heavy atom. The highest BCUT2D eigenvalue weighted by Crippen LogP contribution is 2.18. The summed E-state index contributed by atoms with van der Waals surface area (Å²) >= 11 is 3.50. The van der Waals surface area contributed by atoms with Crippen molar-refractivity contribution in [1.29, 1.82) is 0 Å². The molecule has 1 aliphatic rings. The number of piperidine rings is 1. The van der Waals surface area contributed by atoms with Crippen molar-refractivity contribution in [2.75, 3.05) is 19.6 Å². The van der Waals surface area contributed by atoms with Crippen LogP contribution in [0.25, 0.3) is 0 Å². The molecule has 1 aromatic rings. The van der Waals surface area contributed by atoms with Gasteiger partial charge in [-0.25, -0.2) is 0 Å². The van der Waals surface area contributed by atoms with Crippen molar-refractivity contribution < 1.29 is 0 Å². The van der Waals surface area contributed by atoms with E-state index in [2.05, 4.69) is 64.3 Å². The SMILES string of the molecule is CC(C)N(Cc1ccc(Br)cc1)CC1CCNCC1.Cl. The van der Waals surface area contributed by atoms with E-state index in [4.69, 9.17) is 0 Å². The third-order valence-corrected chi connectivity index (χ3v) is 4.51. The summed E-state index contributed by atoms with van der Waals surface area (Å²) < 4.78 is 1.16. The van der Waals surface area contributed by atoms with E-state index in [-0.39, 0.29) is 12.4 Å². The van der Waals surface area contributed by atoms with Gasteiger partial charge < -0.3 is 5.32 Å². The third-order valence-electron chi connectivity index (χ3n) is 3.98. The molecule has 0 amide bonds. The Kier molecular flexibility index (Phi) is 8.11. The Labute approximate surface area is 137 Å². The third kappa shape index (κ3) is 5.72. The van der Waals surface area contributed by atoms with Gasteiger partial charge in [-0.05, 0) is 63.4 Å². The zero-order chi connectivity index (χ0) is 13.7. The maximum absolute atomic E-state index is 3.50. The predicted molar refractivity (Wildman–Crippen MR) is 92.5 cm³/mol. The lowest BCUT2D eigenvalue weighted by Crippen LogP contribution is -2.39. The molecule has 2 rings (SSSR count). The molecule has 0 saturated carbocycles. The molecule has 0 aromatic heterocycles. The fraction of sp³-hybridized carbons (Fsp3) is 0.625. The summed E-state index contributed by atoms with van der Waals surface area (Å²) in [7, 11) is 0. The Bertz CT molecular complexity index is 375. The topological polar surface area (TPSA) is 15.3 Å². The fourth-order valence-electron chi connectivity index (χ4n) is 2.68. The van der Waals surface area contributed by atoms with Gasteiger partial charge in [-0.15, -0.1) is 12.4 Å². The van der Waals surface area contributed by atoms with Crippen molar-refractivity contribution in [2.45, 2.75) is 39.3 Å². The molecule has 114 valence electrons. The molecule has 1 heterocycles. The predicted octanol–water partition coefficient (Wildman–Crippen LogP) is 4.08. The van der Waals surface area contributed by atoms with E-state index < -0.39 is 0 Å². The number of halogens is 2. The molecular weight excluding hydrogens is 336 g/mol. The normalized spacial score (nSPS) is 16.4. The van der Waals surface area contributed by atoms with Crippen molar-refractivity contribution >= 4 is 28.3 Å². The summed E-state index contributed by atoms with van der Waals surface area (Å²) in [4.78, 5) is 2.61. The van der Waals surface area contributed by atoms with Gasteiger partial charge in [0.2, 0.25) is 0 Å². The molecule has 1 fully saturated rings. The van der Waals surface area contributed by atoms with E-state index in [1.54, 1.807) is 0 Å². The summed E-state index contributed by atoms with van der Waals surface area (Å²) in [6.07, 6.45) is 2.65. The monoisotopic (exact) mass is 360 g/mol. The number of hydrogen-bond acceptors (Lipinski definition) is 2. The summed E-state index contributed by atoms with van der Waals surface area (Å²) in [5, 5.41) is 3.45. The second-order valence-electron chi connectivity index (χ2n) is 5.84. The molecule has 1 aliphatic heterocycles. The van der Waals surface area contributed by atoms with Gasteiger partial charge in [0, 0.05) is 23.6 Å². The van der Waals surface area contributed by atoms with Gasteiger partial charge in [-0.2, -0.15) is 0 Å². The van der Waals surface area contributed by atoms with E-state index in [1.165, 1.54) is 38.0 Å². The lowest BCUT2D eigenvalue weighted by molar-refractivity contribution is 0.162. The highest BCUT2D eigenvalue weighted by Gasteiger charge is 2.18. The average Bonchev–Trinajstić information content (AvgIpc) is 2.41. The number of hydrogen-bond donors (Lipinski definition) is 1. The second kappa shape index (κ2) is 9.04. The summed E-state index contributed by atoms with van der Waals surface area (Å²) in [5.74, 6) is 0.860. The quantitative estimate of drug-likeness (QED) is 0.850. The average molecular weight is 362 g/mol. The number of rotatable bonds is 5. The van der Waals surface area contributed by atoms with Crippen LogP contribution in [0, 0.1) is 5.92 Å². The van der Waals surface area contributed by atoms with Crippen LogP contribution in [0.3, 0.4) is 0 Å². The molecule has 4 heteroatoms. The Balaban J connectivity index is 0.00000200. The molecule has 1 aromatic carbocycles. The number of benzene rings is 1. The zero-order valence-corrected chi connectivity index (χ0v) is 14.8. The first-order valence-electron chi connectivity index (χ1n) is 7.34. The van der Waals surface area contributed by atoms with Crippen LogP contribution in [0.1, 0.15) is 32.3 Å². The van der Waals surface area contributed by atoms with Gasteiger partial charge in [0.05, 0.1) is 0 Å². The maximum Gasteiger partial charge on any atom is 0.0236 e. The van der Waals surface area contributed by atoms with Crippen LogP contribution in [-0.4, -0.2) is 30.6 Å². The molecule has 20 heavy (non-hydrogen) atoms. The minimum atomic E-state index is 0. The molecular formula is C16H26BrClN2. The van der Waals surface area contributed by atoms with Gasteiger partial charge in [0.15, 0.2) is 0 Å². The lowest BCUT2D eigenvalue weighted by atomic mass is 9.97. The van der Waals surface area contributed by atoms with E-state index in [0.717, 1.165) is 16.9 Å². The molecule has 0 unspecified atom stereocenters. The smallest absolute Gasteiger partial charge is 0.0236 e.